The van der Waals surface area contributed by atoms with E-state index >= 15 is 0 Å². The fourth-order valence-corrected chi connectivity index (χ4v) is 1.39. The van der Waals surface area contributed by atoms with Crippen LogP contribution in [-0.2, 0) is 11.2 Å². The number of hydrogen-bond acceptors (Lipinski definition) is 2. The first-order valence-corrected chi connectivity index (χ1v) is 4.15. The van der Waals surface area contributed by atoms with Crippen LogP contribution in [0.15, 0.2) is 12.1 Å². The second-order valence-electron chi connectivity index (χ2n) is 2.88. The molecule has 0 spiro atoms. The summed E-state index contributed by atoms with van der Waals surface area (Å²) >= 11 is 5.78. The lowest BCUT2D eigenvalue weighted by Crippen LogP contribution is -2.01. The van der Waals surface area contributed by atoms with Crippen molar-refractivity contribution in [2.75, 3.05) is 5.73 Å². The van der Waals surface area contributed by atoms with Gasteiger partial charge >= 0.3 is 5.97 Å². The molecule has 1 aromatic rings. The first-order chi connectivity index (χ1) is 6.00. The van der Waals surface area contributed by atoms with Gasteiger partial charge in [0.2, 0.25) is 0 Å². The Morgan fingerprint density at radius 1 is 1.62 bits per heavy atom. The predicted molar refractivity (Wildman–Crippen MR) is 51.9 cm³/mol. The summed E-state index contributed by atoms with van der Waals surface area (Å²) in [6.07, 6.45) is -0.0269. The topological polar surface area (TPSA) is 63.3 Å². The number of aryl methyl sites for hydroxylation is 1. The molecule has 3 nitrogen and oxygen atoms in total. The molecule has 0 aliphatic heterocycles. The second-order valence-corrected chi connectivity index (χ2v) is 3.29. The molecule has 0 heterocycles. The van der Waals surface area contributed by atoms with Crippen molar-refractivity contribution in [1.82, 2.24) is 0 Å². The summed E-state index contributed by atoms with van der Waals surface area (Å²) in [7, 11) is 0. The molecule has 3 N–H and O–H groups in total. The maximum absolute atomic E-state index is 10.4. The summed E-state index contributed by atoms with van der Waals surface area (Å²) in [5, 5.41) is 8.96. The average molecular weight is 200 g/mol. The number of carboxylic acids is 1. The van der Waals surface area contributed by atoms with E-state index in [1.807, 2.05) is 0 Å². The van der Waals surface area contributed by atoms with Crippen molar-refractivity contribution in [2.24, 2.45) is 0 Å². The minimum atomic E-state index is -0.875. The molecule has 0 bridgehead atoms. The normalized spacial score (nSPS) is 10.0. The van der Waals surface area contributed by atoms with Crippen LogP contribution >= 0.6 is 11.6 Å². The van der Waals surface area contributed by atoms with Crippen LogP contribution in [0.1, 0.15) is 11.1 Å². The van der Waals surface area contributed by atoms with Crippen LogP contribution in [0.2, 0.25) is 5.02 Å². The minimum Gasteiger partial charge on any atom is -0.481 e. The number of anilines is 1. The van der Waals surface area contributed by atoms with Crippen LogP contribution in [0.4, 0.5) is 5.69 Å². The van der Waals surface area contributed by atoms with E-state index in [-0.39, 0.29) is 6.42 Å². The van der Waals surface area contributed by atoms with E-state index in [1.54, 1.807) is 19.1 Å². The molecule has 0 saturated heterocycles. The third-order valence-corrected chi connectivity index (χ3v) is 2.06. The van der Waals surface area contributed by atoms with E-state index in [1.165, 1.54) is 0 Å². The van der Waals surface area contributed by atoms with Crippen LogP contribution in [0.3, 0.4) is 0 Å². The number of hydrogen-bond donors (Lipinski definition) is 2. The molecular formula is C9H10ClNO2. The van der Waals surface area contributed by atoms with Gasteiger partial charge in [0.15, 0.2) is 0 Å². The lowest BCUT2D eigenvalue weighted by molar-refractivity contribution is -0.136. The summed E-state index contributed by atoms with van der Waals surface area (Å²) in [6.45, 7) is 1.80. The maximum Gasteiger partial charge on any atom is 0.307 e. The van der Waals surface area contributed by atoms with E-state index < -0.39 is 5.97 Å². The van der Waals surface area contributed by atoms with Crippen LogP contribution in [-0.4, -0.2) is 11.1 Å². The number of aliphatic carboxylic acids is 1. The van der Waals surface area contributed by atoms with Crippen LogP contribution < -0.4 is 5.73 Å². The number of carbonyl (C=O) groups is 1. The van der Waals surface area contributed by atoms with Gasteiger partial charge in [-0.2, -0.15) is 0 Å². The van der Waals surface area contributed by atoms with Gasteiger partial charge in [0, 0.05) is 0 Å². The summed E-state index contributed by atoms with van der Waals surface area (Å²) in [6, 6.07) is 3.31. The highest BCUT2D eigenvalue weighted by atomic mass is 35.5. The minimum absolute atomic E-state index is 0.0269. The second kappa shape index (κ2) is 3.66. The van der Waals surface area contributed by atoms with Gasteiger partial charge in [-0.05, 0) is 24.1 Å². The lowest BCUT2D eigenvalue weighted by Gasteiger charge is -2.05. The Morgan fingerprint density at radius 3 is 2.69 bits per heavy atom. The van der Waals surface area contributed by atoms with Gasteiger partial charge < -0.3 is 10.8 Å². The third-order valence-electron chi connectivity index (χ3n) is 1.75. The Kier molecular flexibility index (Phi) is 2.78. The number of nitrogens with two attached hydrogens (primary N) is 1. The molecule has 0 saturated carbocycles. The van der Waals surface area contributed by atoms with E-state index in [2.05, 4.69) is 0 Å². The van der Waals surface area contributed by atoms with Crippen molar-refractivity contribution < 1.29 is 9.90 Å². The summed E-state index contributed by atoms with van der Waals surface area (Å²) in [5.41, 5.74) is 7.59. The molecule has 0 radical (unpaired) electrons. The molecule has 70 valence electrons. The fraction of sp³-hybridized carbons (Fsp3) is 0.222. The van der Waals surface area contributed by atoms with Gasteiger partial charge in [-0.15, -0.1) is 0 Å². The molecule has 4 heteroatoms. The predicted octanol–water partition coefficient (Wildman–Crippen LogP) is 1.86. The van der Waals surface area contributed by atoms with Gasteiger partial charge in [-0.1, -0.05) is 17.7 Å². The Labute approximate surface area is 81.1 Å². The first kappa shape index (κ1) is 9.86. The largest absolute Gasteiger partial charge is 0.481 e. The summed E-state index contributed by atoms with van der Waals surface area (Å²) in [5.74, 6) is -0.875. The Bertz CT molecular complexity index is 326. The van der Waals surface area contributed by atoms with Crippen molar-refractivity contribution in [3.05, 3.63) is 28.3 Å². The average Bonchev–Trinajstić information content (AvgIpc) is 1.98. The molecule has 0 aliphatic rings. The molecule has 0 fully saturated rings. The molecule has 1 aromatic carbocycles. The maximum atomic E-state index is 10.4. The van der Waals surface area contributed by atoms with Crippen molar-refractivity contribution in [3.8, 4) is 0 Å². The van der Waals surface area contributed by atoms with Gasteiger partial charge in [0.25, 0.3) is 0 Å². The standard InChI is InChI=1S/C9H10ClNO2/c1-5-2-6(4-8(12)13)3-7(10)9(5)11/h2-3H,4,11H2,1H3,(H,12,13). The molecule has 0 atom stereocenters. The number of nitrogen functional groups attached to an aromatic ring is 1. The van der Waals surface area contributed by atoms with E-state index in [0.29, 0.717) is 16.3 Å². The fourth-order valence-electron chi connectivity index (χ4n) is 1.10. The lowest BCUT2D eigenvalue weighted by atomic mass is 10.1. The van der Waals surface area contributed by atoms with Gasteiger partial charge in [-0.25, -0.2) is 0 Å². The highest BCUT2D eigenvalue weighted by Crippen LogP contribution is 2.24. The Morgan fingerprint density at radius 2 is 2.23 bits per heavy atom. The SMILES string of the molecule is Cc1cc(CC(=O)O)cc(Cl)c1N. The summed E-state index contributed by atoms with van der Waals surface area (Å²) in [4.78, 5) is 10.4. The van der Waals surface area contributed by atoms with Crippen molar-refractivity contribution >= 4 is 23.3 Å². The quantitative estimate of drug-likeness (QED) is 0.715. The van der Waals surface area contributed by atoms with Crippen LogP contribution in [0, 0.1) is 6.92 Å². The molecule has 0 aromatic heterocycles. The molecule has 0 unspecified atom stereocenters. The van der Waals surface area contributed by atoms with Gasteiger partial charge in [0.1, 0.15) is 0 Å². The molecular weight excluding hydrogens is 190 g/mol. The van der Waals surface area contributed by atoms with Crippen molar-refractivity contribution in [1.29, 1.82) is 0 Å². The first-order valence-electron chi connectivity index (χ1n) is 3.77. The van der Waals surface area contributed by atoms with Crippen LogP contribution in [0.5, 0.6) is 0 Å². The number of benzene rings is 1. The monoisotopic (exact) mass is 199 g/mol. The van der Waals surface area contributed by atoms with Gasteiger partial charge in [-0.3, -0.25) is 4.79 Å². The molecule has 0 amide bonds. The Balaban J connectivity index is 3.06. The highest BCUT2D eigenvalue weighted by Gasteiger charge is 2.05. The summed E-state index contributed by atoms with van der Waals surface area (Å²) < 4.78 is 0. The smallest absolute Gasteiger partial charge is 0.307 e. The molecule has 0 aliphatic carbocycles. The van der Waals surface area contributed by atoms with Crippen molar-refractivity contribution in [3.63, 3.8) is 0 Å². The molecule has 13 heavy (non-hydrogen) atoms. The zero-order valence-corrected chi connectivity index (χ0v) is 7.93. The Hall–Kier alpha value is -1.22. The zero-order valence-electron chi connectivity index (χ0n) is 7.17. The third kappa shape index (κ3) is 2.36. The van der Waals surface area contributed by atoms with E-state index in [4.69, 9.17) is 22.4 Å². The number of carboxylic acid groups (broad SMARTS) is 1. The number of halogens is 1. The highest BCUT2D eigenvalue weighted by molar-refractivity contribution is 6.33. The van der Waals surface area contributed by atoms with Crippen LogP contribution in [0.25, 0.3) is 0 Å². The van der Waals surface area contributed by atoms with Crippen molar-refractivity contribution in [2.45, 2.75) is 13.3 Å². The van der Waals surface area contributed by atoms with E-state index in [9.17, 15) is 4.79 Å². The number of rotatable bonds is 2. The zero-order chi connectivity index (χ0) is 10.0. The molecule has 1 rings (SSSR count). The van der Waals surface area contributed by atoms with E-state index in [0.717, 1.165) is 5.56 Å². The van der Waals surface area contributed by atoms with Gasteiger partial charge in [0.05, 0.1) is 17.1 Å².